The number of amides is 1. The van der Waals surface area contributed by atoms with E-state index >= 15 is 0 Å². The number of hydrogen-bond acceptors (Lipinski definition) is 2. The molecule has 1 aliphatic carbocycles. The molecule has 1 radical (unpaired) electrons. The highest BCUT2D eigenvalue weighted by Crippen LogP contribution is 2.44. The number of primary amides is 1. The zero-order valence-electron chi connectivity index (χ0n) is 7.94. The van der Waals surface area contributed by atoms with E-state index in [0.717, 1.165) is 25.0 Å². The molecule has 0 bridgehead atoms. The molecule has 0 atom stereocenters. The van der Waals surface area contributed by atoms with Crippen molar-refractivity contribution in [3.63, 3.8) is 0 Å². The van der Waals surface area contributed by atoms with Crippen molar-refractivity contribution in [2.45, 2.75) is 19.3 Å². The quantitative estimate of drug-likeness (QED) is 0.778. The van der Waals surface area contributed by atoms with E-state index in [9.17, 15) is 4.79 Å². The maximum atomic E-state index is 11.3. The minimum absolute atomic E-state index is 0.227. The molecule has 1 aromatic heterocycles. The van der Waals surface area contributed by atoms with Gasteiger partial charge in [0, 0.05) is 18.3 Å². The van der Waals surface area contributed by atoms with Crippen LogP contribution in [0, 0.1) is 11.8 Å². The van der Waals surface area contributed by atoms with Gasteiger partial charge in [-0.2, -0.15) is 0 Å². The molecule has 1 fully saturated rings. The van der Waals surface area contributed by atoms with Gasteiger partial charge in [-0.3, -0.25) is 9.78 Å². The van der Waals surface area contributed by atoms with Gasteiger partial charge in [-0.1, -0.05) is 12.5 Å². The van der Waals surface area contributed by atoms with Gasteiger partial charge >= 0.3 is 0 Å². The Hall–Kier alpha value is -1.38. The first-order valence-corrected chi connectivity index (χ1v) is 4.80. The first-order valence-electron chi connectivity index (χ1n) is 4.80. The first kappa shape index (κ1) is 9.19. The van der Waals surface area contributed by atoms with Gasteiger partial charge in [-0.05, 0) is 25.0 Å². The first-order chi connectivity index (χ1) is 6.73. The molecule has 1 heterocycles. The number of nitrogens with two attached hydrogens (primary N) is 1. The zero-order chi connectivity index (χ0) is 10.0. The van der Waals surface area contributed by atoms with E-state index in [0.29, 0.717) is 0 Å². The fourth-order valence-corrected chi connectivity index (χ4v) is 1.76. The summed E-state index contributed by atoms with van der Waals surface area (Å²) in [6.45, 7) is 0. The van der Waals surface area contributed by atoms with Crippen LogP contribution in [0.5, 0.6) is 0 Å². The second kappa shape index (κ2) is 3.40. The molecule has 3 heteroatoms. The summed E-state index contributed by atoms with van der Waals surface area (Å²) in [5.41, 5.74) is 5.80. The van der Waals surface area contributed by atoms with Crippen molar-refractivity contribution in [2.24, 2.45) is 11.1 Å². The lowest BCUT2D eigenvalue weighted by Crippen LogP contribution is -2.43. The Kier molecular flexibility index (Phi) is 2.23. The molecule has 14 heavy (non-hydrogen) atoms. The summed E-state index contributed by atoms with van der Waals surface area (Å²) in [5.74, 6) is -0.227. The lowest BCUT2D eigenvalue weighted by molar-refractivity contribution is -0.129. The SMILES string of the molecule is NC(=O)C1([CH]c2ccccn2)CCC1. The molecular formula is C11H13N2O. The highest BCUT2D eigenvalue weighted by atomic mass is 16.1. The van der Waals surface area contributed by atoms with Crippen molar-refractivity contribution < 1.29 is 4.79 Å². The molecule has 1 amide bonds. The van der Waals surface area contributed by atoms with Gasteiger partial charge in [-0.15, -0.1) is 0 Å². The number of rotatable bonds is 3. The molecule has 0 aromatic carbocycles. The molecule has 3 nitrogen and oxygen atoms in total. The van der Waals surface area contributed by atoms with Crippen LogP contribution >= 0.6 is 0 Å². The fraction of sp³-hybridized carbons (Fsp3) is 0.364. The summed E-state index contributed by atoms with van der Waals surface area (Å²) in [5, 5.41) is 0. The van der Waals surface area contributed by atoms with Gasteiger partial charge in [0.15, 0.2) is 0 Å². The number of hydrogen-bond donors (Lipinski definition) is 1. The number of carbonyl (C=O) groups excluding carboxylic acids is 1. The monoisotopic (exact) mass is 189 g/mol. The van der Waals surface area contributed by atoms with Crippen LogP contribution in [0.1, 0.15) is 25.0 Å². The summed E-state index contributed by atoms with van der Waals surface area (Å²) < 4.78 is 0. The maximum Gasteiger partial charge on any atom is 0.224 e. The van der Waals surface area contributed by atoms with E-state index in [1.54, 1.807) is 6.20 Å². The van der Waals surface area contributed by atoms with Gasteiger partial charge in [0.05, 0.1) is 5.41 Å². The fourth-order valence-electron chi connectivity index (χ4n) is 1.76. The molecule has 0 saturated heterocycles. The predicted molar refractivity (Wildman–Crippen MR) is 53.1 cm³/mol. The minimum atomic E-state index is -0.422. The molecule has 1 aromatic rings. The van der Waals surface area contributed by atoms with Gasteiger partial charge < -0.3 is 5.73 Å². The van der Waals surface area contributed by atoms with E-state index in [2.05, 4.69) is 4.98 Å². The Morgan fingerprint density at radius 1 is 1.50 bits per heavy atom. The lowest BCUT2D eigenvalue weighted by atomic mass is 9.65. The number of pyridine rings is 1. The Morgan fingerprint density at radius 3 is 2.71 bits per heavy atom. The van der Waals surface area contributed by atoms with Crippen molar-refractivity contribution in [1.29, 1.82) is 0 Å². The summed E-state index contributed by atoms with van der Waals surface area (Å²) in [4.78, 5) is 15.4. The third kappa shape index (κ3) is 1.50. The topological polar surface area (TPSA) is 56.0 Å². The van der Waals surface area contributed by atoms with Crippen LogP contribution in [-0.2, 0) is 4.79 Å². The van der Waals surface area contributed by atoms with Crippen molar-refractivity contribution in [2.75, 3.05) is 0 Å². The van der Waals surface area contributed by atoms with Gasteiger partial charge in [0.1, 0.15) is 0 Å². The third-order valence-electron chi connectivity index (χ3n) is 2.85. The van der Waals surface area contributed by atoms with Gasteiger partial charge in [0.25, 0.3) is 0 Å². The van der Waals surface area contributed by atoms with Crippen LogP contribution in [0.4, 0.5) is 0 Å². The van der Waals surface area contributed by atoms with E-state index in [1.807, 2.05) is 24.6 Å². The Labute approximate surface area is 83.3 Å². The van der Waals surface area contributed by atoms with Gasteiger partial charge in [-0.25, -0.2) is 0 Å². The van der Waals surface area contributed by atoms with Crippen LogP contribution < -0.4 is 5.73 Å². The maximum absolute atomic E-state index is 11.3. The Bertz CT molecular complexity index is 330. The average molecular weight is 189 g/mol. The average Bonchev–Trinajstić information content (AvgIpc) is 2.12. The smallest absolute Gasteiger partial charge is 0.224 e. The van der Waals surface area contributed by atoms with E-state index in [1.165, 1.54) is 0 Å². The normalized spacial score (nSPS) is 18.6. The molecule has 0 spiro atoms. The molecule has 73 valence electrons. The summed E-state index contributed by atoms with van der Waals surface area (Å²) >= 11 is 0. The molecule has 2 N–H and O–H groups in total. The second-order valence-electron chi connectivity index (χ2n) is 3.77. The van der Waals surface area contributed by atoms with Crippen LogP contribution in [-0.4, -0.2) is 10.9 Å². The predicted octanol–water partition coefficient (Wildman–Crippen LogP) is 1.29. The van der Waals surface area contributed by atoms with Crippen LogP contribution in [0.15, 0.2) is 24.4 Å². The highest BCUT2D eigenvalue weighted by Gasteiger charge is 2.43. The standard InChI is InChI=1S/C11H13N2O/c12-10(14)11(5-3-6-11)8-9-4-1-2-7-13-9/h1-2,4,7-8H,3,5-6H2,(H2,12,14). The zero-order valence-corrected chi connectivity index (χ0v) is 7.94. The lowest BCUT2D eigenvalue weighted by Gasteiger charge is -2.38. The van der Waals surface area contributed by atoms with Crippen molar-refractivity contribution >= 4 is 5.91 Å². The highest BCUT2D eigenvalue weighted by molar-refractivity contribution is 5.84. The molecule has 2 rings (SSSR count). The van der Waals surface area contributed by atoms with Crippen molar-refractivity contribution in [3.8, 4) is 0 Å². The molecule has 1 aliphatic rings. The number of carbonyl (C=O) groups is 1. The van der Waals surface area contributed by atoms with E-state index in [-0.39, 0.29) is 5.91 Å². The van der Waals surface area contributed by atoms with Gasteiger partial charge in [0.2, 0.25) is 5.91 Å². The summed E-state index contributed by atoms with van der Waals surface area (Å²) in [7, 11) is 0. The largest absolute Gasteiger partial charge is 0.369 e. The Balaban J connectivity index is 2.13. The Morgan fingerprint density at radius 2 is 2.29 bits per heavy atom. The molecular weight excluding hydrogens is 176 g/mol. The molecule has 1 saturated carbocycles. The van der Waals surface area contributed by atoms with E-state index in [4.69, 9.17) is 5.73 Å². The molecule has 0 unspecified atom stereocenters. The summed E-state index contributed by atoms with van der Waals surface area (Å²) in [6, 6.07) is 5.66. The van der Waals surface area contributed by atoms with E-state index < -0.39 is 5.41 Å². The van der Waals surface area contributed by atoms with Crippen molar-refractivity contribution in [3.05, 3.63) is 36.5 Å². The minimum Gasteiger partial charge on any atom is -0.369 e. The van der Waals surface area contributed by atoms with Crippen LogP contribution in [0.3, 0.4) is 0 Å². The molecule has 0 aliphatic heterocycles. The van der Waals surface area contributed by atoms with Crippen LogP contribution in [0.25, 0.3) is 0 Å². The third-order valence-corrected chi connectivity index (χ3v) is 2.85. The van der Waals surface area contributed by atoms with Crippen LogP contribution in [0.2, 0.25) is 0 Å². The van der Waals surface area contributed by atoms with Crippen molar-refractivity contribution in [1.82, 2.24) is 4.98 Å². The number of nitrogens with zero attached hydrogens (tertiary/aromatic N) is 1. The summed E-state index contributed by atoms with van der Waals surface area (Å²) in [6.07, 6.45) is 6.42. The second-order valence-corrected chi connectivity index (χ2v) is 3.77. The number of aromatic nitrogens is 1.